The molecule has 0 spiro atoms. The van der Waals surface area contributed by atoms with Crippen LogP contribution in [0.5, 0.6) is 0 Å². The number of para-hydroxylation sites is 1. The number of hydrogen-bond acceptors (Lipinski definition) is 3. The number of hydrogen-bond donors (Lipinski definition) is 2. The van der Waals surface area contributed by atoms with E-state index in [-0.39, 0.29) is 11.5 Å². The maximum absolute atomic E-state index is 13.4. The molecule has 1 fully saturated rings. The molecule has 192 valence electrons. The Bertz CT molecular complexity index is 1460. The summed E-state index contributed by atoms with van der Waals surface area (Å²) in [5.74, 6) is 0.723. The monoisotopic (exact) mass is 498 g/mol. The number of amides is 1. The van der Waals surface area contributed by atoms with Gasteiger partial charge in [0, 0.05) is 28.0 Å². The van der Waals surface area contributed by atoms with Gasteiger partial charge in [-0.05, 0) is 63.8 Å². The van der Waals surface area contributed by atoms with Crippen LogP contribution in [0, 0.1) is 19.8 Å². The fraction of sp³-hybridized carbons (Fsp3) is 0.367. The molecule has 37 heavy (non-hydrogen) atoms. The average Bonchev–Trinajstić information content (AvgIpc) is 3.16. The summed E-state index contributed by atoms with van der Waals surface area (Å²) in [7, 11) is 0. The molecule has 0 radical (unpaired) electrons. The van der Waals surface area contributed by atoms with Gasteiger partial charge >= 0.3 is 0 Å². The van der Waals surface area contributed by atoms with Crippen molar-refractivity contribution in [2.75, 3.05) is 18.4 Å². The van der Waals surface area contributed by atoms with Crippen molar-refractivity contribution >= 4 is 22.4 Å². The summed E-state index contributed by atoms with van der Waals surface area (Å²) in [4.78, 5) is 28.3. The van der Waals surface area contributed by atoms with E-state index in [0.717, 1.165) is 34.9 Å². The molecule has 2 N–H and O–H groups in total. The summed E-state index contributed by atoms with van der Waals surface area (Å²) in [5.41, 5.74) is 4.22. The van der Waals surface area contributed by atoms with E-state index in [9.17, 15) is 9.59 Å². The molecule has 4 aromatic rings. The van der Waals surface area contributed by atoms with Gasteiger partial charge < -0.3 is 14.8 Å². The van der Waals surface area contributed by atoms with Crippen LogP contribution in [0.25, 0.3) is 16.5 Å². The molecular formula is C30H36N5O2+. The molecule has 7 nitrogen and oxygen atoms in total. The van der Waals surface area contributed by atoms with Crippen molar-refractivity contribution in [3.05, 3.63) is 88.1 Å². The predicted molar refractivity (Wildman–Crippen MR) is 147 cm³/mol. The fourth-order valence-electron chi connectivity index (χ4n) is 5.62. The van der Waals surface area contributed by atoms with E-state index >= 15 is 0 Å². The topological polar surface area (TPSA) is 73.4 Å². The lowest BCUT2D eigenvalue weighted by Crippen LogP contribution is -3.11. The standard InChI is InChI=1S/C30H35N5O2/c1-20-14-16-33(17-15-20)19-24-10-12-25(13-11-24)32-29(36)23(4)34-21(2)27-18-31-35(26-8-6-5-7-9-26)30(37)28(27)22(34)3/h5-13,18,20,23H,14-17,19H2,1-4H3,(H,32,36)/p+1. The van der Waals surface area contributed by atoms with Crippen LogP contribution in [-0.2, 0) is 11.3 Å². The van der Waals surface area contributed by atoms with Gasteiger partial charge in [-0.2, -0.15) is 9.78 Å². The maximum atomic E-state index is 13.4. The molecule has 1 saturated heterocycles. The Morgan fingerprint density at radius 3 is 2.41 bits per heavy atom. The molecule has 1 unspecified atom stereocenters. The third-order valence-electron chi connectivity index (χ3n) is 7.88. The van der Waals surface area contributed by atoms with E-state index in [4.69, 9.17) is 0 Å². The first-order valence-corrected chi connectivity index (χ1v) is 13.2. The Morgan fingerprint density at radius 1 is 1.05 bits per heavy atom. The van der Waals surface area contributed by atoms with Gasteiger partial charge in [0.05, 0.1) is 30.4 Å². The number of anilines is 1. The Hall–Kier alpha value is -3.71. The minimum Gasteiger partial charge on any atom is -0.336 e. The molecular weight excluding hydrogens is 462 g/mol. The maximum Gasteiger partial charge on any atom is 0.281 e. The predicted octanol–water partition coefficient (Wildman–Crippen LogP) is 3.82. The number of nitrogens with one attached hydrogen (secondary N) is 2. The smallest absolute Gasteiger partial charge is 0.281 e. The summed E-state index contributed by atoms with van der Waals surface area (Å²) in [6.45, 7) is 11.5. The Morgan fingerprint density at radius 2 is 1.73 bits per heavy atom. The summed E-state index contributed by atoms with van der Waals surface area (Å²) >= 11 is 0. The highest BCUT2D eigenvalue weighted by Gasteiger charge is 2.24. The lowest BCUT2D eigenvalue weighted by molar-refractivity contribution is -0.919. The average molecular weight is 499 g/mol. The highest BCUT2D eigenvalue weighted by Crippen LogP contribution is 2.27. The van der Waals surface area contributed by atoms with Crippen molar-refractivity contribution in [3.63, 3.8) is 0 Å². The van der Waals surface area contributed by atoms with Gasteiger partial charge in [-0.25, -0.2) is 0 Å². The number of nitrogens with zero attached hydrogens (tertiary/aromatic N) is 3. The second kappa shape index (κ2) is 10.3. The first-order valence-electron chi connectivity index (χ1n) is 13.2. The van der Waals surface area contributed by atoms with Crippen LogP contribution in [0.4, 0.5) is 5.69 Å². The molecule has 7 heteroatoms. The van der Waals surface area contributed by atoms with Crippen LogP contribution in [0.3, 0.4) is 0 Å². The molecule has 0 bridgehead atoms. The zero-order chi connectivity index (χ0) is 26.1. The van der Waals surface area contributed by atoms with Gasteiger partial charge in [-0.1, -0.05) is 37.3 Å². The first kappa shape index (κ1) is 25.0. The van der Waals surface area contributed by atoms with Crippen LogP contribution in [0.15, 0.2) is 65.6 Å². The zero-order valence-electron chi connectivity index (χ0n) is 22.1. The minimum atomic E-state index is -0.489. The van der Waals surface area contributed by atoms with Gasteiger partial charge in [0.15, 0.2) is 0 Å². The number of rotatable bonds is 6. The van der Waals surface area contributed by atoms with Crippen LogP contribution >= 0.6 is 0 Å². The molecule has 1 aliphatic heterocycles. The number of aryl methyl sites for hydroxylation is 2. The summed E-state index contributed by atoms with van der Waals surface area (Å²) < 4.78 is 3.35. The number of benzene rings is 2. The largest absolute Gasteiger partial charge is 0.336 e. The molecule has 0 saturated carbocycles. The summed E-state index contributed by atoms with van der Waals surface area (Å²) in [6.07, 6.45) is 4.31. The van der Waals surface area contributed by atoms with Crippen molar-refractivity contribution in [2.45, 2.75) is 53.1 Å². The number of fused-ring (bicyclic) bond motifs is 1. The lowest BCUT2D eigenvalue weighted by Gasteiger charge is -2.27. The minimum absolute atomic E-state index is 0.119. The van der Waals surface area contributed by atoms with Crippen LogP contribution in [0.1, 0.15) is 49.7 Å². The number of likely N-dealkylation sites (tertiary alicyclic amines) is 1. The van der Waals surface area contributed by atoms with Gasteiger partial charge in [0.25, 0.3) is 5.56 Å². The molecule has 1 amide bonds. The Labute approximate surface area is 217 Å². The number of quaternary nitrogens is 1. The van der Waals surface area contributed by atoms with Gasteiger partial charge in [-0.15, -0.1) is 0 Å². The van der Waals surface area contributed by atoms with Gasteiger partial charge in [0.2, 0.25) is 5.91 Å². The molecule has 2 aromatic heterocycles. The highest BCUT2D eigenvalue weighted by atomic mass is 16.2. The fourth-order valence-corrected chi connectivity index (χ4v) is 5.62. The molecule has 0 aliphatic carbocycles. The highest BCUT2D eigenvalue weighted by molar-refractivity contribution is 5.95. The van der Waals surface area contributed by atoms with Crippen molar-refractivity contribution < 1.29 is 9.69 Å². The van der Waals surface area contributed by atoms with E-state index in [1.165, 1.54) is 36.2 Å². The van der Waals surface area contributed by atoms with Crippen molar-refractivity contribution in [1.82, 2.24) is 14.3 Å². The van der Waals surface area contributed by atoms with Gasteiger partial charge in [0.1, 0.15) is 12.6 Å². The summed E-state index contributed by atoms with van der Waals surface area (Å²) in [5, 5.41) is 8.83. The third kappa shape index (κ3) is 4.96. The summed E-state index contributed by atoms with van der Waals surface area (Å²) in [6, 6.07) is 17.1. The molecule has 1 aliphatic rings. The first-order chi connectivity index (χ1) is 17.8. The third-order valence-corrected chi connectivity index (χ3v) is 7.88. The Kier molecular flexibility index (Phi) is 6.98. The van der Waals surface area contributed by atoms with Crippen molar-refractivity contribution in [2.24, 2.45) is 5.92 Å². The molecule has 2 aromatic carbocycles. The second-order valence-electron chi connectivity index (χ2n) is 10.5. The van der Waals surface area contributed by atoms with Crippen LogP contribution in [0.2, 0.25) is 0 Å². The Balaban J connectivity index is 1.34. The number of piperidine rings is 1. The molecule has 3 heterocycles. The number of carbonyl (C=O) groups is 1. The SMILES string of the molecule is Cc1c2cnn(-c3ccccc3)c(=O)c2c(C)n1C(C)C(=O)Nc1ccc(C[NH+]2CCC(C)CC2)cc1. The van der Waals surface area contributed by atoms with E-state index in [0.29, 0.717) is 11.1 Å². The van der Waals surface area contributed by atoms with Crippen molar-refractivity contribution in [1.29, 1.82) is 0 Å². The van der Waals surface area contributed by atoms with E-state index in [1.807, 2.05) is 67.8 Å². The zero-order valence-corrected chi connectivity index (χ0v) is 22.1. The second-order valence-corrected chi connectivity index (χ2v) is 10.5. The van der Waals surface area contributed by atoms with Gasteiger partial charge in [-0.3, -0.25) is 9.59 Å². The van der Waals surface area contributed by atoms with E-state index < -0.39 is 6.04 Å². The van der Waals surface area contributed by atoms with Crippen LogP contribution in [-0.4, -0.2) is 33.3 Å². The number of carbonyl (C=O) groups excluding carboxylic acids is 1. The molecule has 1 atom stereocenters. The van der Waals surface area contributed by atoms with E-state index in [2.05, 4.69) is 29.5 Å². The molecule has 5 rings (SSSR count). The van der Waals surface area contributed by atoms with Crippen molar-refractivity contribution in [3.8, 4) is 5.69 Å². The normalized spacial score (nSPS) is 18.6. The quantitative estimate of drug-likeness (QED) is 0.425. The lowest BCUT2D eigenvalue weighted by atomic mass is 9.99. The van der Waals surface area contributed by atoms with E-state index in [1.54, 1.807) is 11.1 Å². The number of aromatic nitrogens is 3. The van der Waals surface area contributed by atoms with Crippen LogP contribution < -0.4 is 15.8 Å².